The molecule has 1 saturated carbocycles. The van der Waals surface area contributed by atoms with Gasteiger partial charge in [0.25, 0.3) is 0 Å². The van der Waals surface area contributed by atoms with Crippen molar-refractivity contribution in [2.24, 2.45) is 0 Å². The lowest BCUT2D eigenvalue weighted by Crippen LogP contribution is -2.03. The van der Waals surface area contributed by atoms with Gasteiger partial charge in [0.2, 0.25) is 0 Å². The van der Waals surface area contributed by atoms with Crippen molar-refractivity contribution in [1.29, 1.82) is 0 Å². The highest BCUT2D eigenvalue weighted by molar-refractivity contribution is 7.26. The topological polar surface area (TPSA) is 0 Å². The summed E-state index contributed by atoms with van der Waals surface area (Å²) in [7, 11) is 0. The van der Waals surface area contributed by atoms with E-state index in [1.54, 1.807) is 5.56 Å². The van der Waals surface area contributed by atoms with Crippen LogP contribution in [0.5, 0.6) is 0 Å². The Bertz CT molecular complexity index is 2100. The van der Waals surface area contributed by atoms with Crippen LogP contribution in [0.3, 0.4) is 0 Å². The van der Waals surface area contributed by atoms with Gasteiger partial charge in [0.15, 0.2) is 0 Å². The van der Waals surface area contributed by atoms with Gasteiger partial charge in [-0.25, -0.2) is 0 Å². The largest absolute Gasteiger partial charge is 0.135 e. The Labute approximate surface area is 304 Å². The Morgan fingerprint density at radius 1 is 0.300 bits per heavy atom. The van der Waals surface area contributed by atoms with Gasteiger partial charge in [0, 0.05) is 40.3 Å². The second-order valence-corrected chi connectivity index (χ2v) is 14.8. The minimum atomic E-state index is 0.861. The summed E-state index contributed by atoms with van der Waals surface area (Å²) in [6.45, 7) is 0. The molecule has 1 aliphatic carbocycles. The van der Waals surface area contributed by atoms with Crippen molar-refractivity contribution in [3.8, 4) is 11.1 Å². The molecule has 0 radical (unpaired) electrons. The van der Waals surface area contributed by atoms with E-state index >= 15 is 0 Å². The molecule has 2 heterocycles. The summed E-state index contributed by atoms with van der Waals surface area (Å²) in [5.41, 5.74) is 4.11. The smallest absolute Gasteiger partial charge is 0.0355 e. The van der Waals surface area contributed by atoms with Crippen molar-refractivity contribution in [3.05, 3.63) is 194 Å². The van der Waals surface area contributed by atoms with Gasteiger partial charge in [0.05, 0.1) is 0 Å². The first-order valence-electron chi connectivity index (χ1n) is 17.7. The van der Waals surface area contributed by atoms with Gasteiger partial charge < -0.3 is 0 Å². The summed E-state index contributed by atoms with van der Waals surface area (Å²) in [6, 6.07) is 66.0. The van der Waals surface area contributed by atoms with Crippen LogP contribution in [-0.4, -0.2) is 0 Å². The van der Waals surface area contributed by atoms with Crippen LogP contribution in [0.2, 0.25) is 0 Å². The monoisotopic (exact) mass is 682 g/mol. The fourth-order valence-corrected chi connectivity index (χ4v) is 8.98. The van der Waals surface area contributed by atoms with Crippen molar-refractivity contribution in [2.75, 3.05) is 0 Å². The van der Waals surface area contributed by atoms with Gasteiger partial charge in [-0.3, -0.25) is 0 Å². The van der Waals surface area contributed by atoms with Crippen molar-refractivity contribution in [2.45, 2.75) is 38.0 Å². The van der Waals surface area contributed by atoms with Gasteiger partial charge in [-0.2, -0.15) is 0 Å². The molecule has 7 aromatic carbocycles. The summed E-state index contributed by atoms with van der Waals surface area (Å²) in [4.78, 5) is 0. The zero-order valence-corrected chi connectivity index (χ0v) is 30.0. The summed E-state index contributed by atoms with van der Waals surface area (Å²) in [5.74, 6) is 0.861. The number of fused-ring (bicyclic) bond motifs is 6. The number of hydrogen-bond acceptors (Lipinski definition) is 2. The minimum Gasteiger partial charge on any atom is -0.135 e. The van der Waals surface area contributed by atoms with Crippen LogP contribution >= 0.6 is 22.7 Å². The van der Waals surface area contributed by atoms with Gasteiger partial charge in [-0.15, -0.1) is 22.7 Å². The highest BCUT2D eigenvalue weighted by Gasteiger charge is 2.14. The fourth-order valence-electron chi connectivity index (χ4n) is 6.77. The SMILES string of the molecule is c1ccc(-c2ccccc2)cc1.c1ccc(C2CCCCC2)cc1.c1ccc2c(c1)sc1ccccc12.c1ccc2c(c1)sc1ccccc12. The third-order valence-corrected chi connectivity index (χ3v) is 11.6. The maximum Gasteiger partial charge on any atom is 0.0355 e. The number of benzene rings is 7. The quantitative estimate of drug-likeness (QED) is 0.170. The van der Waals surface area contributed by atoms with Crippen LogP contribution in [0.1, 0.15) is 43.6 Å². The van der Waals surface area contributed by atoms with E-state index in [2.05, 4.69) is 176 Å². The van der Waals surface area contributed by atoms with Gasteiger partial charge in [-0.05, 0) is 59.7 Å². The summed E-state index contributed by atoms with van der Waals surface area (Å²) in [6.07, 6.45) is 7.12. The molecule has 2 heteroatoms. The van der Waals surface area contributed by atoms with E-state index in [-0.39, 0.29) is 0 Å². The predicted molar refractivity (Wildman–Crippen MR) is 223 cm³/mol. The first kappa shape index (κ1) is 33.5. The number of hydrogen-bond donors (Lipinski definition) is 0. The molecule has 0 saturated heterocycles. The lowest BCUT2D eigenvalue weighted by molar-refractivity contribution is 0.443. The maximum atomic E-state index is 2.27. The molecular formula is C48H42S2. The molecule has 9 aromatic rings. The third kappa shape index (κ3) is 8.40. The Morgan fingerprint density at radius 2 is 0.600 bits per heavy atom. The second kappa shape index (κ2) is 17.1. The fraction of sp³-hybridized carbons (Fsp3) is 0.125. The van der Waals surface area contributed by atoms with Gasteiger partial charge in [0.1, 0.15) is 0 Å². The average molecular weight is 683 g/mol. The zero-order valence-electron chi connectivity index (χ0n) is 28.3. The molecular weight excluding hydrogens is 641 g/mol. The van der Waals surface area contributed by atoms with E-state index in [0.29, 0.717) is 0 Å². The second-order valence-electron chi connectivity index (χ2n) is 12.7. The molecule has 0 N–H and O–H groups in total. The Morgan fingerprint density at radius 3 is 0.960 bits per heavy atom. The lowest BCUT2D eigenvalue weighted by atomic mass is 9.84. The summed E-state index contributed by atoms with van der Waals surface area (Å²) in [5, 5.41) is 5.51. The molecule has 0 spiro atoms. The Balaban J connectivity index is 0.000000105. The normalized spacial score (nSPS) is 12.7. The molecule has 246 valence electrons. The molecule has 50 heavy (non-hydrogen) atoms. The first-order valence-corrected chi connectivity index (χ1v) is 19.3. The molecule has 0 atom stereocenters. The highest BCUT2D eigenvalue weighted by Crippen LogP contribution is 2.34. The molecule has 0 unspecified atom stereocenters. The molecule has 0 bridgehead atoms. The van der Waals surface area contributed by atoms with Crippen LogP contribution in [-0.2, 0) is 0 Å². The van der Waals surface area contributed by atoms with Crippen LogP contribution < -0.4 is 0 Å². The first-order chi connectivity index (χ1) is 24.8. The highest BCUT2D eigenvalue weighted by atomic mass is 32.1. The minimum absolute atomic E-state index is 0.861. The maximum absolute atomic E-state index is 2.27. The molecule has 1 aliphatic rings. The van der Waals surface area contributed by atoms with Crippen molar-refractivity contribution in [3.63, 3.8) is 0 Å². The van der Waals surface area contributed by atoms with Crippen LogP contribution in [0, 0.1) is 0 Å². The van der Waals surface area contributed by atoms with E-state index in [1.807, 2.05) is 34.8 Å². The lowest BCUT2D eigenvalue weighted by Gasteiger charge is -2.21. The molecule has 0 nitrogen and oxygen atoms in total. The predicted octanol–water partition coefficient (Wildman–Crippen LogP) is 15.2. The van der Waals surface area contributed by atoms with E-state index < -0.39 is 0 Å². The van der Waals surface area contributed by atoms with Crippen molar-refractivity contribution >= 4 is 63.0 Å². The van der Waals surface area contributed by atoms with E-state index in [4.69, 9.17) is 0 Å². The number of thiophene rings is 2. The Kier molecular flexibility index (Phi) is 11.4. The molecule has 2 aromatic heterocycles. The van der Waals surface area contributed by atoms with Crippen LogP contribution in [0.25, 0.3) is 51.5 Å². The van der Waals surface area contributed by atoms with Crippen molar-refractivity contribution < 1.29 is 0 Å². The van der Waals surface area contributed by atoms with Gasteiger partial charge >= 0.3 is 0 Å². The molecule has 0 aliphatic heterocycles. The Hall–Kier alpha value is -5.02. The van der Waals surface area contributed by atoms with E-state index in [1.165, 1.54) is 83.6 Å². The summed E-state index contributed by atoms with van der Waals surface area (Å²) < 4.78 is 5.51. The van der Waals surface area contributed by atoms with Crippen LogP contribution in [0.4, 0.5) is 0 Å². The molecule has 10 rings (SSSR count). The standard InChI is InChI=1S/2C12H8S.C12H16.C12H10/c2*1-3-7-11-9(5-1)10-6-2-4-8-12(10)13-11;2*1-3-7-11(8-4-1)12-9-5-2-6-10-12/h2*1-8H;1,3-4,7-8,12H,2,5-6,9-10H2;1-10H. The number of rotatable bonds is 2. The van der Waals surface area contributed by atoms with E-state index in [9.17, 15) is 0 Å². The summed E-state index contributed by atoms with van der Waals surface area (Å²) >= 11 is 3.72. The average Bonchev–Trinajstić information content (AvgIpc) is 3.79. The molecule has 0 amide bonds. The third-order valence-electron chi connectivity index (χ3n) is 9.33. The molecule has 1 fully saturated rings. The van der Waals surface area contributed by atoms with E-state index in [0.717, 1.165) is 5.92 Å². The van der Waals surface area contributed by atoms with Crippen LogP contribution in [0.15, 0.2) is 188 Å². The zero-order chi connectivity index (χ0) is 33.8. The van der Waals surface area contributed by atoms with Gasteiger partial charge in [-0.1, -0.05) is 183 Å². The van der Waals surface area contributed by atoms with Crippen molar-refractivity contribution in [1.82, 2.24) is 0 Å².